The van der Waals surface area contributed by atoms with Crippen molar-refractivity contribution in [1.29, 1.82) is 0 Å². The van der Waals surface area contributed by atoms with Crippen LogP contribution in [0.4, 0.5) is 13.2 Å². The number of aromatic nitrogens is 1. The van der Waals surface area contributed by atoms with Crippen molar-refractivity contribution in [3.63, 3.8) is 0 Å². The van der Waals surface area contributed by atoms with E-state index in [9.17, 15) is 23.1 Å². The number of aliphatic hydroxyl groups excluding tert-OH is 1. The smallest absolute Gasteiger partial charge is 0.394 e. The lowest BCUT2D eigenvalue weighted by Crippen LogP contribution is -2.56. The third-order valence-electron chi connectivity index (χ3n) is 3.31. The highest BCUT2D eigenvalue weighted by Gasteiger charge is 2.38. The Morgan fingerprint density at radius 2 is 2.11 bits per heavy atom. The normalized spacial score (nSPS) is 17.7. The van der Waals surface area contributed by atoms with Gasteiger partial charge in [0, 0.05) is 6.20 Å². The molecule has 1 heterocycles. The summed E-state index contributed by atoms with van der Waals surface area (Å²) in [5, 5.41) is 11.8. The van der Waals surface area contributed by atoms with Crippen LogP contribution in [0.2, 0.25) is 0 Å². The van der Waals surface area contributed by atoms with Crippen molar-refractivity contribution in [3.05, 3.63) is 29.6 Å². The van der Waals surface area contributed by atoms with E-state index in [1.54, 1.807) is 0 Å². The number of aliphatic hydroxyl groups is 1. The highest BCUT2D eigenvalue weighted by Crippen LogP contribution is 2.31. The third kappa shape index (κ3) is 2.86. The summed E-state index contributed by atoms with van der Waals surface area (Å²) in [4.78, 5) is 15.1. The van der Waals surface area contributed by atoms with E-state index in [0.717, 1.165) is 24.8 Å². The van der Waals surface area contributed by atoms with Crippen LogP contribution in [0.15, 0.2) is 18.3 Å². The first kappa shape index (κ1) is 13.8. The molecule has 19 heavy (non-hydrogen) atoms. The first-order valence-electron chi connectivity index (χ1n) is 5.83. The number of halogens is 3. The molecule has 0 unspecified atom stereocenters. The van der Waals surface area contributed by atoms with Gasteiger partial charge in [-0.1, -0.05) is 0 Å². The van der Waals surface area contributed by atoms with Crippen molar-refractivity contribution in [1.82, 2.24) is 10.3 Å². The quantitative estimate of drug-likeness (QED) is 0.882. The molecule has 0 saturated heterocycles. The minimum Gasteiger partial charge on any atom is -0.394 e. The van der Waals surface area contributed by atoms with Gasteiger partial charge in [0.05, 0.1) is 17.7 Å². The first-order chi connectivity index (χ1) is 8.86. The third-order valence-corrected chi connectivity index (χ3v) is 3.31. The van der Waals surface area contributed by atoms with Gasteiger partial charge >= 0.3 is 6.18 Å². The Balaban J connectivity index is 2.08. The van der Waals surface area contributed by atoms with E-state index >= 15 is 0 Å². The lowest BCUT2D eigenvalue weighted by atomic mass is 9.77. The molecule has 1 aromatic rings. The predicted molar refractivity (Wildman–Crippen MR) is 60.4 cm³/mol. The molecular weight excluding hydrogens is 261 g/mol. The first-order valence-corrected chi connectivity index (χ1v) is 5.83. The number of alkyl halides is 3. The van der Waals surface area contributed by atoms with Gasteiger partial charge in [0.15, 0.2) is 0 Å². The lowest BCUT2D eigenvalue weighted by molar-refractivity contribution is -0.141. The van der Waals surface area contributed by atoms with Gasteiger partial charge in [-0.15, -0.1) is 0 Å². The minimum absolute atomic E-state index is 0.0488. The van der Waals surface area contributed by atoms with Gasteiger partial charge in [-0.05, 0) is 31.4 Å². The van der Waals surface area contributed by atoms with Crippen molar-refractivity contribution >= 4 is 5.91 Å². The summed E-state index contributed by atoms with van der Waals surface area (Å²) in [6, 6.07) is 1.84. The average molecular weight is 274 g/mol. The van der Waals surface area contributed by atoms with Crippen LogP contribution in [0.25, 0.3) is 0 Å². The molecular formula is C12H13F3N2O2. The van der Waals surface area contributed by atoms with E-state index in [0.29, 0.717) is 12.8 Å². The van der Waals surface area contributed by atoms with Gasteiger partial charge in [0.25, 0.3) is 5.91 Å². The molecule has 1 fully saturated rings. The molecule has 1 aromatic heterocycles. The molecule has 104 valence electrons. The molecule has 7 heteroatoms. The van der Waals surface area contributed by atoms with Crippen LogP contribution in [0.3, 0.4) is 0 Å². The van der Waals surface area contributed by atoms with Crippen molar-refractivity contribution in [3.8, 4) is 0 Å². The fraction of sp³-hybridized carbons (Fsp3) is 0.500. The molecule has 0 atom stereocenters. The minimum atomic E-state index is -4.52. The van der Waals surface area contributed by atoms with Gasteiger partial charge in [0.1, 0.15) is 5.69 Å². The second-order valence-corrected chi connectivity index (χ2v) is 4.68. The second kappa shape index (κ2) is 4.80. The maximum Gasteiger partial charge on any atom is 0.433 e. The topological polar surface area (TPSA) is 62.2 Å². The maximum atomic E-state index is 12.3. The molecule has 0 aliphatic heterocycles. The number of hydrogen-bond donors (Lipinski definition) is 2. The molecule has 4 nitrogen and oxygen atoms in total. The zero-order chi connectivity index (χ0) is 14.1. The van der Waals surface area contributed by atoms with Gasteiger partial charge < -0.3 is 10.4 Å². The van der Waals surface area contributed by atoms with Gasteiger partial charge in [-0.3, -0.25) is 9.78 Å². The Bertz CT molecular complexity index is 461. The molecule has 2 N–H and O–H groups in total. The van der Waals surface area contributed by atoms with Crippen molar-refractivity contribution in [2.45, 2.75) is 31.0 Å². The molecule has 1 amide bonds. The van der Waals surface area contributed by atoms with E-state index < -0.39 is 23.3 Å². The number of rotatable bonds is 3. The Morgan fingerprint density at radius 3 is 2.47 bits per heavy atom. The Morgan fingerprint density at radius 1 is 1.42 bits per heavy atom. The summed E-state index contributed by atoms with van der Waals surface area (Å²) < 4.78 is 36.9. The monoisotopic (exact) mass is 274 g/mol. The van der Waals surface area contributed by atoms with Crippen LogP contribution in [0, 0.1) is 0 Å². The number of hydrogen-bond acceptors (Lipinski definition) is 3. The van der Waals surface area contributed by atoms with E-state index in [2.05, 4.69) is 10.3 Å². The number of nitrogens with zero attached hydrogens (tertiary/aromatic N) is 1. The molecule has 1 aliphatic carbocycles. The molecule has 2 rings (SSSR count). The summed E-state index contributed by atoms with van der Waals surface area (Å²) in [5.74, 6) is -0.519. The molecule has 0 aromatic carbocycles. The van der Waals surface area contributed by atoms with Crippen molar-refractivity contribution in [2.75, 3.05) is 6.61 Å². The van der Waals surface area contributed by atoms with E-state index in [-0.39, 0.29) is 12.2 Å². The fourth-order valence-corrected chi connectivity index (χ4v) is 1.94. The van der Waals surface area contributed by atoms with Crippen LogP contribution in [-0.2, 0) is 6.18 Å². The largest absolute Gasteiger partial charge is 0.433 e. The molecule has 1 aliphatic rings. The summed E-state index contributed by atoms with van der Waals surface area (Å²) in [5.41, 5.74) is -1.61. The van der Waals surface area contributed by atoms with Gasteiger partial charge in [-0.25, -0.2) is 0 Å². The van der Waals surface area contributed by atoms with Crippen LogP contribution in [-0.4, -0.2) is 28.1 Å². The highest BCUT2D eigenvalue weighted by molar-refractivity contribution is 5.94. The molecule has 0 bridgehead atoms. The molecule has 1 saturated carbocycles. The van der Waals surface area contributed by atoms with Gasteiger partial charge in [-0.2, -0.15) is 13.2 Å². The molecule has 0 radical (unpaired) electrons. The van der Waals surface area contributed by atoms with E-state index in [1.165, 1.54) is 0 Å². The number of carbonyl (C=O) groups is 1. The van der Waals surface area contributed by atoms with Crippen molar-refractivity contribution in [2.24, 2.45) is 0 Å². The predicted octanol–water partition coefficient (Wildman–Crippen LogP) is 1.75. The summed E-state index contributed by atoms with van der Waals surface area (Å²) >= 11 is 0. The Hall–Kier alpha value is -1.63. The fourth-order valence-electron chi connectivity index (χ4n) is 1.94. The van der Waals surface area contributed by atoms with Crippen LogP contribution >= 0.6 is 0 Å². The zero-order valence-corrected chi connectivity index (χ0v) is 10.00. The van der Waals surface area contributed by atoms with E-state index in [4.69, 9.17) is 0 Å². The Labute approximate surface area is 107 Å². The number of pyridine rings is 1. The summed E-state index contributed by atoms with van der Waals surface area (Å²) in [6.07, 6.45) is -1.38. The second-order valence-electron chi connectivity index (χ2n) is 4.68. The van der Waals surface area contributed by atoms with E-state index in [1.807, 2.05) is 0 Å². The van der Waals surface area contributed by atoms with Crippen LogP contribution in [0.5, 0.6) is 0 Å². The SMILES string of the molecule is O=C(NC1(CO)CCC1)c1ccc(C(F)(F)F)nc1. The average Bonchev–Trinajstić information content (AvgIpc) is 2.32. The number of amides is 1. The highest BCUT2D eigenvalue weighted by atomic mass is 19.4. The summed E-state index contributed by atoms with van der Waals surface area (Å²) in [6.45, 7) is -0.174. The number of carbonyl (C=O) groups excluding carboxylic acids is 1. The summed E-state index contributed by atoms with van der Waals surface area (Å²) in [7, 11) is 0. The van der Waals surface area contributed by atoms with Crippen LogP contribution < -0.4 is 5.32 Å². The van der Waals surface area contributed by atoms with Gasteiger partial charge in [0.2, 0.25) is 0 Å². The standard InChI is InChI=1S/C12H13F3N2O2/c13-12(14,15)9-3-2-8(6-16-9)10(19)17-11(7-18)4-1-5-11/h2-3,6,18H,1,4-5,7H2,(H,17,19). The number of nitrogens with one attached hydrogen (secondary N) is 1. The Kier molecular flexibility index (Phi) is 3.49. The van der Waals surface area contributed by atoms with Crippen LogP contribution in [0.1, 0.15) is 35.3 Å². The zero-order valence-electron chi connectivity index (χ0n) is 10.00. The maximum absolute atomic E-state index is 12.3. The molecule has 0 spiro atoms. The lowest BCUT2D eigenvalue weighted by Gasteiger charge is -2.40. The van der Waals surface area contributed by atoms with Crippen molar-refractivity contribution < 1.29 is 23.1 Å².